The van der Waals surface area contributed by atoms with Crippen LogP contribution in [-0.4, -0.2) is 46.6 Å². The lowest BCUT2D eigenvalue weighted by Gasteiger charge is -2.32. The number of hydrogen-bond acceptors (Lipinski definition) is 7. The lowest BCUT2D eigenvalue weighted by atomic mass is 9.94. The summed E-state index contributed by atoms with van der Waals surface area (Å²) in [5, 5.41) is 12.3. The van der Waals surface area contributed by atoms with E-state index >= 15 is 0 Å². The molecule has 1 N–H and O–H groups in total. The van der Waals surface area contributed by atoms with Crippen molar-refractivity contribution in [1.29, 1.82) is 0 Å². The van der Waals surface area contributed by atoms with Crippen LogP contribution in [0.15, 0.2) is 50.5 Å². The van der Waals surface area contributed by atoms with Crippen LogP contribution in [0.3, 0.4) is 0 Å². The zero-order valence-electron chi connectivity index (χ0n) is 15.6. The molecule has 29 heavy (non-hydrogen) atoms. The highest BCUT2D eigenvalue weighted by atomic mass is 79.9. The Labute approximate surface area is 179 Å². The van der Waals surface area contributed by atoms with E-state index in [9.17, 15) is 14.3 Å². The number of aromatic nitrogens is 1. The first kappa shape index (κ1) is 20.2. The highest BCUT2D eigenvalue weighted by molar-refractivity contribution is 9.10. The van der Waals surface area contributed by atoms with Crippen molar-refractivity contribution in [2.75, 3.05) is 19.8 Å². The fourth-order valence-electron chi connectivity index (χ4n) is 3.71. The summed E-state index contributed by atoms with van der Waals surface area (Å²) in [6.45, 7) is 2.54. The Bertz CT molecular complexity index is 993. The minimum atomic E-state index is -0.661. The zero-order chi connectivity index (χ0) is 20.5. The van der Waals surface area contributed by atoms with E-state index in [4.69, 9.17) is 9.73 Å². The molecule has 0 spiro atoms. The minimum Gasteiger partial charge on any atom is -0.463 e. The summed E-state index contributed by atoms with van der Waals surface area (Å²) in [7, 11) is 0. The van der Waals surface area contributed by atoms with Crippen LogP contribution in [0.25, 0.3) is 0 Å². The molecule has 2 aliphatic rings. The highest BCUT2D eigenvalue weighted by Gasteiger charge is 2.42. The van der Waals surface area contributed by atoms with Crippen LogP contribution in [0, 0.1) is 11.7 Å². The summed E-state index contributed by atoms with van der Waals surface area (Å²) >= 11 is 4.87. The maximum Gasteiger partial charge on any atom is 0.338 e. The first-order chi connectivity index (χ1) is 14.0. The van der Waals surface area contributed by atoms with Gasteiger partial charge in [-0.25, -0.2) is 14.2 Å². The van der Waals surface area contributed by atoms with Gasteiger partial charge in [0.2, 0.25) is 0 Å². The molecule has 4 rings (SSSR count). The molecule has 1 aromatic heterocycles. The van der Waals surface area contributed by atoms with E-state index < -0.39 is 12.0 Å². The van der Waals surface area contributed by atoms with Gasteiger partial charge in [0.1, 0.15) is 11.9 Å². The smallest absolute Gasteiger partial charge is 0.338 e. The lowest BCUT2D eigenvalue weighted by molar-refractivity contribution is -0.139. The van der Waals surface area contributed by atoms with Gasteiger partial charge < -0.3 is 14.7 Å². The minimum absolute atomic E-state index is 0.00611. The molecule has 2 atom stereocenters. The number of aliphatic hydroxyl groups is 1. The van der Waals surface area contributed by atoms with Gasteiger partial charge in [-0.05, 0) is 31.0 Å². The number of hydrogen-bond donors (Lipinski definition) is 1. The average Bonchev–Trinajstić information content (AvgIpc) is 3.37. The van der Waals surface area contributed by atoms with E-state index in [1.54, 1.807) is 19.2 Å². The Hall–Kier alpha value is -2.10. The first-order valence-corrected chi connectivity index (χ1v) is 10.9. The first-order valence-electron chi connectivity index (χ1n) is 9.24. The van der Waals surface area contributed by atoms with Gasteiger partial charge in [-0.15, -0.1) is 11.3 Å². The number of aliphatic imine (C=N–C) groups is 1. The SMILES string of the molecule is CCOC(=O)C1=C2CC(CO)CN2C(c2nccs2)=NC1c1ccc(F)cc1Br. The van der Waals surface area contributed by atoms with Crippen molar-refractivity contribution in [3.8, 4) is 0 Å². The number of halogens is 2. The number of nitrogens with zero attached hydrogens (tertiary/aromatic N) is 3. The molecule has 0 bridgehead atoms. The van der Waals surface area contributed by atoms with Crippen molar-refractivity contribution in [3.63, 3.8) is 0 Å². The van der Waals surface area contributed by atoms with Gasteiger partial charge in [-0.3, -0.25) is 4.99 Å². The summed E-state index contributed by atoms with van der Waals surface area (Å²) in [4.78, 5) is 24.2. The van der Waals surface area contributed by atoms with Crippen molar-refractivity contribution in [3.05, 3.63) is 61.9 Å². The van der Waals surface area contributed by atoms with Gasteiger partial charge in [0.25, 0.3) is 0 Å². The largest absolute Gasteiger partial charge is 0.463 e. The lowest BCUT2D eigenvalue weighted by Crippen LogP contribution is -2.35. The Morgan fingerprint density at radius 2 is 2.31 bits per heavy atom. The molecule has 152 valence electrons. The summed E-state index contributed by atoms with van der Waals surface area (Å²) in [5.41, 5.74) is 1.88. The molecule has 2 aliphatic heterocycles. The molecular weight excluding hydrogens is 461 g/mol. The Morgan fingerprint density at radius 3 is 2.97 bits per heavy atom. The number of rotatable bonds is 5. The van der Waals surface area contributed by atoms with Gasteiger partial charge in [0, 0.05) is 40.8 Å². The van der Waals surface area contributed by atoms with Gasteiger partial charge in [0.15, 0.2) is 10.8 Å². The van der Waals surface area contributed by atoms with Crippen LogP contribution in [0.1, 0.15) is 30.0 Å². The topological polar surface area (TPSA) is 75.0 Å². The molecule has 0 amide bonds. The molecule has 1 saturated heterocycles. The van der Waals surface area contributed by atoms with Crippen LogP contribution in [0.5, 0.6) is 0 Å². The van der Waals surface area contributed by atoms with E-state index in [1.165, 1.54) is 23.5 Å². The second kappa shape index (κ2) is 8.33. The average molecular weight is 480 g/mol. The number of allylic oxidation sites excluding steroid dienone is 1. The quantitative estimate of drug-likeness (QED) is 0.662. The van der Waals surface area contributed by atoms with Gasteiger partial charge >= 0.3 is 5.97 Å². The van der Waals surface area contributed by atoms with Crippen LogP contribution in [0.4, 0.5) is 4.39 Å². The van der Waals surface area contributed by atoms with Crippen LogP contribution in [-0.2, 0) is 9.53 Å². The van der Waals surface area contributed by atoms with Gasteiger partial charge in [0.05, 0.1) is 12.2 Å². The summed E-state index contributed by atoms with van der Waals surface area (Å²) in [5.74, 6) is -0.196. The van der Waals surface area contributed by atoms with E-state index in [0.29, 0.717) is 34.4 Å². The number of ether oxygens (including phenoxy) is 1. The van der Waals surface area contributed by atoms with Gasteiger partial charge in [-0.2, -0.15) is 0 Å². The maximum absolute atomic E-state index is 13.7. The number of carbonyl (C=O) groups is 1. The molecule has 1 fully saturated rings. The fraction of sp³-hybridized carbons (Fsp3) is 0.350. The molecule has 1 aromatic carbocycles. The third-order valence-electron chi connectivity index (χ3n) is 4.97. The highest BCUT2D eigenvalue weighted by Crippen LogP contribution is 2.43. The Morgan fingerprint density at radius 1 is 1.48 bits per heavy atom. The molecular formula is C20H19BrFN3O3S. The zero-order valence-corrected chi connectivity index (χ0v) is 18.0. The summed E-state index contributed by atoms with van der Waals surface area (Å²) in [6.07, 6.45) is 2.24. The van der Waals surface area contributed by atoms with Crippen LogP contribution >= 0.6 is 27.3 Å². The van der Waals surface area contributed by atoms with Crippen molar-refractivity contribution in [2.45, 2.75) is 19.4 Å². The number of amidine groups is 1. The van der Waals surface area contributed by atoms with E-state index in [-0.39, 0.29) is 24.9 Å². The molecule has 6 nitrogen and oxygen atoms in total. The van der Waals surface area contributed by atoms with Crippen molar-refractivity contribution >= 4 is 39.1 Å². The molecule has 0 radical (unpaired) electrons. The number of thiazole rings is 1. The fourth-order valence-corrected chi connectivity index (χ4v) is 4.92. The van der Waals surface area contributed by atoms with E-state index in [2.05, 4.69) is 20.9 Å². The predicted molar refractivity (Wildman–Crippen MR) is 111 cm³/mol. The molecule has 0 saturated carbocycles. The number of aliphatic hydroxyl groups excluding tert-OH is 1. The monoisotopic (exact) mass is 479 g/mol. The molecule has 2 unspecified atom stereocenters. The normalized spacial score (nSPS) is 21.2. The third-order valence-corrected chi connectivity index (χ3v) is 6.43. The maximum atomic E-state index is 13.7. The second-order valence-electron chi connectivity index (χ2n) is 6.80. The Kier molecular flexibility index (Phi) is 5.80. The van der Waals surface area contributed by atoms with E-state index in [0.717, 1.165) is 10.7 Å². The van der Waals surface area contributed by atoms with Gasteiger partial charge in [-0.1, -0.05) is 22.0 Å². The number of benzene rings is 1. The van der Waals surface area contributed by atoms with Crippen molar-refractivity contribution in [1.82, 2.24) is 9.88 Å². The number of carbonyl (C=O) groups excluding carboxylic acids is 1. The molecule has 0 aliphatic carbocycles. The second-order valence-corrected chi connectivity index (χ2v) is 8.55. The number of esters is 1. The molecule has 3 heterocycles. The van der Waals surface area contributed by atoms with Crippen LogP contribution in [0.2, 0.25) is 0 Å². The predicted octanol–water partition coefficient (Wildman–Crippen LogP) is 3.68. The summed E-state index contributed by atoms with van der Waals surface area (Å²) in [6, 6.07) is 3.68. The van der Waals surface area contributed by atoms with Crippen molar-refractivity contribution in [2.24, 2.45) is 10.9 Å². The Balaban J connectivity index is 1.91. The van der Waals surface area contributed by atoms with Crippen molar-refractivity contribution < 1.29 is 19.0 Å². The molecule has 9 heteroatoms. The number of fused-ring (bicyclic) bond motifs is 1. The third kappa shape index (κ3) is 3.74. The standard InChI is InChI=1S/C20H19BrFN3O3S/c1-2-28-20(27)16-15-7-11(10-26)9-25(15)18(19-23-5-6-29-19)24-17(16)13-4-3-12(22)8-14(13)21/h3-6,8,11,17,26H,2,7,9-10H2,1H3. The molecule has 2 aromatic rings. The van der Waals surface area contributed by atoms with E-state index in [1.807, 2.05) is 10.3 Å². The van der Waals surface area contributed by atoms with Crippen LogP contribution < -0.4 is 0 Å². The summed E-state index contributed by atoms with van der Waals surface area (Å²) < 4.78 is 19.6.